The highest BCUT2D eigenvalue weighted by Gasteiger charge is 2.13. The molecule has 2 aromatic heterocycles. The normalized spacial score (nSPS) is 10.5. The minimum atomic E-state index is -0.290. The number of nitrogens with one attached hydrogen (secondary N) is 1. The summed E-state index contributed by atoms with van der Waals surface area (Å²) in [4.78, 5) is 16.2. The lowest BCUT2D eigenvalue weighted by atomic mass is 10.3. The van der Waals surface area contributed by atoms with Crippen molar-refractivity contribution in [1.29, 1.82) is 0 Å². The minimum Gasteiger partial charge on any atom is -0.319 e. The number of carbonyl (C=O) groups excluding carboxylic acids is 1. The minimum absolute atomic E-state index is 0.290. The molecule has 3 aromatic rings. The number of carbonyl (C=O) groups is 1. The standard InChI is InChI=1S/C16H13ClN4O/c1-11-9-14(20-21(11)13-5-3-2-4-6-13)16(22)19-12-7-8-15(17)18-10-12/h2-10H,1H3,(H,19,22). The Labute approximate surface area is 132 Å². The fourth-order valence-electron chi connectivity index (χ4n) is 2.06. The monoisotopic (exact) mass is 312 g/mol. The van der Waals surface area contributed by atoms with E-state index in [1.165, 1.54) is 6.20 Å². The van der Waals surface area contributed by atoms with E-state index in [-0.39, 0.29) is 5.91 Å². The van der Waals surface area contributed by atoms with Gasteiger partial charge in [-0.1, -0.05) is 29.8 Å². The Balaban J connectivity index is 1.83. The number of aryl methyl sites for hydroxylation is 1. The van der Waals surface area contributed by atoms with Gasteiger partial charge in [0.15, 0.2) is 5.69 Å². The largest absolute Gasteiger partial charge is 0.319 e. The first-order valence-corrected chi connectivity index (χ1v) is 7.06. The molecule has 0 saturated carbocycles. The highest BCUT2D eigenvalue weighted by molar-refractivity contribution is 6.29. The van der Waals surface area contributed by atoms with Gasteiger partial charge in [-0.25, -0.2) is 9.67 Å². The number of nitrogens with zero attached hydrogens (tertiary/aromatic N) is 3. The van der Waals surface area contributed by atoms with Gasteiger partial charge in [0, 0.05) is 5.69 Å². The fraction of sp³-hybridized carbons (Fsp3) is 0.0625. The van der Waals surface area contributed by atoms with Crippen molar-refractivity contribution in [2.45, 2.75) is 6.92 Å². The van der Waals surface area contributed by atoms with Crippen LogP contribution in [-0.4, -0.2) is 20.7 Å². The van der Waals surface area contributed by atoms with Crippen LogP contribution in [0.2, 0.25) is 5.15 Å². The van der Waals surface area contributed by atoms with E-state index in [0.717, 1.165) is 11.4 Å². The lowest BCUT2D eigenvalue weighted by Gasteiger charge is -2.03. The first-order valence-electron chi connectivity index (χ1n) is 6.68. The van der Waals surface area contributed by atoms with Crippen LogP contribution in [0.1, 0.15) is 16.2 Å². The Kier molecular flexibility index (Phi) is 3.89. The summed E-state index contributed by atoms with van der Waals surface area (Å²) in [6.07, 6.45) is 1.50. The Hall–Kier alpha value is -2.66. The van der Waals surface area contributed by atoms with Crippen molar-refractivity contribution in [1.82, 2.24) is 14.8 Å². The van der Waals surface area contributed by atoms with Gasteiger partial charge in [0.25, 0.3) is 5.91 Å². The molecule has 0 aliphatic rings. The number of amides is 1. The molecule has 3 rings (SSSR count). The van der Waals surface area contributed by atoms with Gasteiger partial charge in [-0.15, -0.1) is 0 Å². The zero-order valence-corrected chi connectivity index (χ0v) is 12.6. The zero-order valence-electron chi connectivity index (χ0n) is 11.8. The van der Waals surface area contributed by atoms with E-state index in [4.69, 9.17) is 11.6 Å². The molecule has 0 saturated heterocycles. The molecule has 0 spiro atoms. The van der Waals surface area contributed by atoms with E-state index in [0.29, 0.717) is 16.5 Å². The molecule has 0 unspecified atom stereocenters. The number of anilines is 1. The smallest absolute Gasteiger partial charge is 0.276 e. The topological polar surface area (TPSA) is 59.8 Å². The van der Waals surface area contributed by atoms with Gasteiger partial charge >= 0.3 is 0 Å². The highest BCUT2D eigenvalue weighted by Crippen LogP contribution is 2.14. The summed E-state index contributed by atoms with van der Waals surface area (Å²) in [5.74, 6) is -0.290. The molecule has 110 valence electrons. The molecule has 0 fully saturated rings. The van der Waals surface area contributed by atoms with Gasteiger partial charge in [0.05, 0.1) is 17.6 Å². The SMILES string of the molecule is Cc1cc(C(=O)Nc2ccc(Cl)nc2)nn1-c1ccccc1. The Morgan fingerprint density at radius 2 is 1.95 bits per heavy atom. The van der Waals surface area contributed by atoms with Crippen LogP contribution in [0.4, 0.5) is 5.69 Å². The van der Waals surface area contributed by atoms with Crippen LogP contribution in [0.5, 0.6) is 0 Å². The third kappa shape index (κ3) is 2.99. The maximum absolute atomic E-state index is 12.2. The molecule has 1 aromatic carbocycles. The fourth-order valence-corrected chi connectivity index (χ4v) is 2.17. The number of hydrogen-bond donors (Lipinski definition) is 1. The summed E-state index contributed by atoms with van der Waals surface area (Å²) in [5.41, 5.74) is 2.70. The van der Waals surface area contributed by atoms with Crippen molar-refractivity contribution in [2.75, 3.05) is 5.32 Å². The van der Waals surface area contributed by atoms with Crippen molar-refractivity contribution in [2.24, 2.45) is 0 Å². The van der Waals surface area contributed by atoms with Gasteiger partial charge in [0.1, 0.15) is 5.15 Å². The number of hydrogen-bond acceptors (Lipinski definition) is 3. The molecule has 1 N–H and O–H groups in total. The first-order chi connectivity index (χ1) is 10.6. The van der Waals surface area contributed by atoms with E-state index in [2.05, 4.69) is 15.4 Å². The average molecular weight is 313 g/mol. The lowest BCUT2D eigenvalue weighted by molar-refractivity contribution is 0.102. The van der Waals surface area contributed by atoms with E-state index in [9.17, 15) is 4.79 Å². The van der Waals surface area contributed by atoms with Crippen molar-refractivity contribution < 1.29 is 4.79 Å². The average Bonchev–Trinajstić information content (AvgIpc) is 2.92. The molecule has 1 amide bonds. The molecule has 0 aliphatic carbocycles. The summed E-state index contributed by atoms with van der Waals surface area (Å²) >= 11 is 5.72. The van der Waals surface area contributed by atoms with Crippen LogP contribution in [0.3, 0.4) is 0 Å². The molecule has 6 heteroatoms. The Bertz CT molecular complexity index is 797. The summed E-state index contributed by atoms with van der Waals surface area (Å²) in [6.45, 7) is 1.90. The van der Waals surface area contributed by atoms with Crippen LogP contribution in [-0.2, 0) is 0 Å². The maximum atomic E-state index is 12.2. The lowest BCUT2D eigenvalue weighted by Crippen LogP contribution is -2.13. The van der Waals surface area contributed by atoms with E-state index in [1.807, 2.05) is 37.3 Å². The number of para-hydroxylation sites is 1. The summed E-state index contributed by atoms with van der Waals surface area (Å²) in [7, 11) is 0. The van der Waals surface area contributed by atoms with Gasteiger partial charge in [-0.3, -0.25) is 4.79 Å². The van der Waals surface area contributed by atoms with E-state index in [1.54, 1.807) is 22.9 Å². The van der Waals surface area contributed by atoms with Crippen molar-refractivity contribution in [3.05, 3.63) is 71.3 Å². The van der Waals surface area contributed by atoms with Crippen LogP contribution >= 0.6 is 11.6 Å². The zero-order chi connectivity index (χ0) is 15.5. The second kappa shape index (κ2) is 5.99. The van der Waals surface area contributed by atoms with Crippen LogP contribution in [0, 0.1) is 6.92 Å². The highest BCUT2D eigenvalue weighted by atomic mass is 35.5. The van der Waals surface area contributed by atoms with Crippen molar-refractivity contribution >= 4 is 23.2 Å². The van der Waals surface area contributed by atoms with Gasteiger partial charge < -0.3 is 5.32 Å². The predicted molar refractivity (Wildman–Crippen MR) is 85.5 cm³/mol. The summed E-state index contributed by atoms with van der Waals surface area (Å²) in [5, 5.41) is 7.47. The van der Waals surface area contributed by atoms with Crippen molar-refractivity contribution in [3.8, 4) is 5.69 Å². The third-order valence-electron chi connectivity index (χ3n) is 3.11. The van der Waals surface area contributed by atoms with Crippen molar-refractivity contribution in [3.63, 3.8) is 0 Å². The van der Waals surface area contributed by atoms with Crippen LogP contribution < -0.4 is 5.32 Å². The van der Waals surface area contributed by atoms with E-state index < -0.39 is 0 Å². The first kappa shape index (κ1) is 14.3. The predicted octanol–water partition coefficient (Wildman–Crippen LogP) is 3.48. The van der Waals surface area contributed by atoms with Crippen LogP contribution in [0.15, 0.2) is 54.7 Å². The summed E-state index contributed by atoms with van der Waals surface area (Å²) < 4.78 is 1.73. The molecule has 0 aliphatic heterocycles. The molecule has 5 nitrogen and oxygen atoms in total. The molecule has 0 bridgehead atoms. The summed E-state index contributed by atoms with van der Waals surface area (Å²) in [6, 6.07) is 14.7. The number of rotatable bonds is 3. The maximum Gasteiger partial charge on any atom is 0.276 e. The number of aromatic nitrogens is 3. The van der Waals surface area contributed by atoms with Gasteiger partial charge in [0.2, 0.25) is 0 Å². The molecule has 2 heterocycles. The number of benzene rings is 1. The molecule has 22 heavy (non-hydrogen) atoms. The van der Waals surface area contributed by atoms with E-state index >= 15 is 0 Å². The number of pyridine rings is 1. The number of halogens is 1. The molecular formula is C16H13ClN4O. The Morgan fingerprint density at radius 1 is 1.18 bits per heavy atom. The molecule has 0 atom stereocenters. The third-order valence-corrected chi connectivity index (χ3v) is 3.33. The quantitative estimate of drug-likeness (QED) is 0.753. The van der Waals surface area contributed by atoms with Gasteiger partial charge in [-0.2, -0.15) is 5.10 Å². The second-order valence-corrected chi connectivity index (χ2v) is 5.13. The molecule has 0 radical (unpaired) electrons. The molecular weight excluding hydrogens is 300 g/mol. The van der Waals surface area contributed by atoms with Gasteiger partial charge in [-0.05, 0) is 37.3 Å². The van der Waals surface area contributed by atoms with Crippen LogP contribution in [0.25, 0.3) is 5.69 Å². The Morgan fingerprint density at radius 3 is 2.64 bits per heavy atom. The second-order valence-electron chi connectivity index (χ2n) is 4.74.